The zero-order chi connectivity index (χ0) is 21.1. The summed E-state index contributed by atoms with van der Waals surface area (Å²) in [6.07, 6.45) is 8.96. The normalized spacial score (nSPS) is 24.5. The fraction of sp³-hybridized carbons (Fsp3) is 0.667. The van der Waals surface area contributed by atoms with Crippen LogP contribution < -0.4 is 9.47 Å². The molecule has 4 rings (SSSR count). The SMILES string of the molecule is COc1ccc(C(=O)N2CCC3(CCN(C(=O)CC4CCCCC4)C3)C2)cc1OC. The predicted molar refractivity (Wildman–Crippen MR) is 115 cm³/mol. The molecule has 0 N–H and O–H groups in total. The van der Waals surface area contributed by atoms with E-state index in [9.17, 15) is 9.59 Å². The van der Waals surface area contributed by atoms with Gasteiger partial charge < -0.3 is 19.3 Å². The van der Waals surface area contributed by atoms with Crippen molar-refractivity contribution in [3.05, 3.63) is 23.8 Å². The first kappa shape index (κ1) is 21.0. The quantitative estimate of drug-likeness (QED) is 0.737. The summed E-state index contributed by atoms with van der Waals surface area (Å²) in [5, 5.41) is 0. The Kier molecular flexibility index (Phi) is 6.21. The van der Waals surface area contributed by atoms with Crippen LogP contribution in [0.1, 0.15) is 61.7 Å². The van der Waals surface area contributed by atoms with Crippen molar-refractivity contribution in [2.24, 2.45) is 11.3 Å². The summed E-state index contributed by atoms with van der Waals surface area (Å²) in [6.45, 7) is 3.11. The minimum absolute atomic E-state index is 0.0276. The Labute approximate surface area is 179 Å². The van der Waals surface area contributed by atoms with Gasteiger partial charge in [-0.15, -0.1) is 0 Å². The highest BCUT2D eigenvalue weighted by molar-refractivity contribution is 5.95. The van der Waals surface area contributed by atoms with Crippen LogP contribution in [0, 0.1) is 11.3 Å². The molecular formula is C24H34N2O4. The Morgan fingerprint density at radius 2 is 1.63 bits per heavy atom. The minimum Gasteiger partial charge on any atom is -0.493 e. The van der Waals surface area contributed by atoms with Gasteiger partial charge in [0.25, 0.3) is 5.91 Å². The van der Waals surface area contributed by atoms with Crippen molar-refractivity contribution in [1.82, 2.24) is 9.80 Å². The molecule has 2 heterocycles. The van der Waals surface area contributed by atoms with Gasteiger partial charge in [-0.05, 0) is 49.8 Å². The number of ether oxygens (including phenoxy) is 2. The fourth-order valence-corrected chi connectivity index (χ4v) is 5.51. The highest BCUT2D eigenvalue weighted by Gasteiger charge is 2.46. The first-order valence-corrected chi connectivity index (χ1v) is 11.3. The molecule has 164 valence electrons. The van der Waals surface area contributed by atoms with Crippen LogP contribution >= 0.6 is 0 Å². The summed E-state index contributed by atoms with van der Waals surface area (Å²) in [6, 6.07) is 5.32. The molecule has 3 fully saturated rings. The second-order valence-corrected chi connectivity index (χ2v) is 9.32. The van der Waals surface area contributed by atoms with E-state index in [2.05, 4.69) is 4.90 Å². The summed E-state index contributed by atoms with van der Waals surface area (Å²) in [5.74, 6) is 2.12. The molecule has 0 aromatic heterocycles. The minimum atomic E-state index is 0.0276. The molecule has 2 amide bonds. The highest BCUT2D eigenvalue weighted by Crippen LogP contribution is 2.41. The molecule has 1 aliphatic carbocycles. The van der Waals surface area contributed by atoms with Crippen molar-refractivity contribution in [1.29, 1.82) is 0 Å². The molecule has 6 heteroatoms. The second-order valence-electron chi connectivity index (χ2n) is 9.32. The third-order valence-electron chi connectivity index (χ3n) is 7.34. The van der Waals surface area contributed by atoms with E-state index < -0.39 is 0 Å². The highest BCUT2D eigenvalue weighted by atomic mass is 16.5. The first-order chi connectivity index (χ1) is 14.5. The van der Waals surface area contributed by atoms with Crippen LogP contribution in [-0.4, -0.2) is 62.0 Å². The van der Waals surface area contributed by atoms with Crippen molar-refractivity contribution in [2.75, 3.05) is 40.4 Å². The molecule has 1 aromatic carbocycles. The molecular weight excluding hydrogens is 380 g/mol. The van der Waals surface area contributed by atoms with E-state index in [0.717, 1.165) is 39.0 Å². The second kappa shape index (κ2) is 8.86. The lowest BCUT2D eigenvalue weighted by Crippen LogP contribution is -2.36. The molecule has 0 radical (unpaired) electrons. The van der Waals surface area contributed by atoms with E-state index in [0.29, 0.717) is 35.3 Å². The summed E-state index contributed by atoms with van der Waals surface area (Å²) in [5.41, 5.74) is 0.682. The standard InChI is InChI=1S/C24H34N2O4/c1-29-20-9-8-19(15-21(20)30-2)23(28)26-13-11-24(17-26)10-12-25(16-24)22(27)14-18-6-4-3-5-7-18/h8-9,15,18H,3-7,10-14,16-17H2,1-2H3. The summed E-state index contributed by atoms with van der Waals surface area (Å²) >= 11 is 0. The number of carbonyl (C=O) groups excluding carboxylic acids is 2. The lowest BCUT2D eigenvalue weighted by molar-refractivity contribution is -0.131. The fourth-order valence-electron chi connectivity index (χ4n) is 5.51. The summed E-state index contributed by atoms with van der Waals surface area (Å²) < 4.78 is 10.6. The number of hydrogen-bond acceptors (Lipinski definition) is 4. The van der Waals surface area contributed by atoms with Crippen LogP contribution in [0.25, 0.3) is 0 Å². The van der Waals surface area contributed by atoms with Gasteiger partial charge in [0.2, 0.25) is 5.91 Å². The van der Waals surface area contributed by atoms with E-state index in [1.165, 1.54) is 32.1 Å². The maximum absolute atomic E-state index is 13.1. The number of hydrogen-bond donors (Lipinski definition) is 0. The maximum Gasteiger partial charge on any atom is 0.254 e. The van der Waals surface area contributed by atoms with Gasteiger partial charge in [0, 0.05) is 43.6 Å². The van der Waals surface area contributed by atoms with Gasteiger partial charge in [0.15, 0.2) is 11.5 Å². The van der Waals surface area contributed by atoms with Crippen LogP contribution in [0.2, 0.25) is 0 Å². The van der Waals surface area contributed by atoms with Crippen molar-refractivity contribution >= 4 is 11.8 Å². The van der Waals surface area contributed by atoms with E-state index >= 15 is 0 Å². The van der Waals surface area contributed by atoms with Gasteiger partial charge in [-0.2, -0.15) is 0 Å². The molecule has 1 atom stereocenters. The van der Waals surface area contributed by atoms with Gasteiger partial charge in [0.05, 0.1) is 14.2 Å². The number of nitrogens with zero attached hydrogens (tertiary/aromatic N) is 2. The van der Waals surface area contributed by atoms with Gasteiger partial charge >= 0.3 is 0 Å². The lowest BCUT2D eigenvalue weighted by Gasteiger charge is -2.27. The lowest BCUT2D eigenvalue weighted by atomic mass is 9.86. The Morgan fingerprint density at radius 3 is 2.33 bits per heavy atom. The Hall–Kier alpha value is -2.24. The molecule has 2 aliphatic heterocycles. The third kappa shape index (κ3) is 4.28. The average Bonchev–Trinajstić information content (AvgIpc) is 3.40. The maximum atomic E-state index is 13.1. The van der Waals surface area contributed by atoms with Gasteiger partial charge in [0.1, 0.15) is 0 Å². The zero-order valence-electron chi connectivity index (χ0n) is 18.3. The van der Waals surface area contributed by atoms with Crippen molar-refractivity contribution in [3.63, 3.8) is 0 Å². The molecule has 0 bridgehead atoms. The van der Waals surface area contributed by atoms with Crippen molar-refractivity contribution in [2.45, 2.75) is 51.4 Å². The van der Waals surface area contributed by atoms with E-state index in [1.54, 1.807) is 32.4 Å². The molecule has 1 spiro atoms. The average molecular weight is 415 g/mol. The van der Waals surface area contributed by atoms with Crippen LogP contribution in [0.5, 0.6) is 11.5 Å². The number of rotatable bonds is 5. The molecule has 1 aromatic rings. The Morgan fingerprint density at radius 1 is 0.967 bits per heavy atom. The molecule has 3 aliphatic rings. The molecule has 30 heavy (non-hydrogen) atoms. The van der Waals surface area contributed by atoms with Crippen LogP contribution in [0.4, 0.5) is 0 Å². The zero-order valence-corrected chi connectivity index (χ0v) is 18.3. The van der Waals surface area contributed by atoms with E-state index in [4.69, 9.17) is 9.47 Å². The van der Waals surface area contributed by atoms with Crippen molar-refractivity contribution in [3.8, 4) is 11.5 Å². The van der Waals surface area contributed by atoms with Crippen molar-refractivity contribution < 1.29 is 19.1 Å². The number of methoxy groups -OCH3 is 2. The first-order valence-electron chi connectivity index (χ1n) is 11.3. The smallest absolute Gasteiger partial charge is 0.254 e. The number of likely N-dealkylation sites (tertiary alicyclic amines) is 2. The molecule has 1 unspecified atom stereocenters. The monoisotopic (exact) mass is 414 g/mol. The van der Waals surface area contributed by atoms with Gasteiger partial charge in [-0.1, -0.05) is 19.3 Å². The van der Waals surface area contributed by atoms with Gasteiger partial charge in [-0.25, -0.2) is 0 Å². The van der Waals surface area contributed by atoms with Gasteiger partial charge in [-0.3, -0.25) is 9.59 Å². The predicted octanol–water partition coefficient (Wildman–Crippen LogP) is 3.74. The molecule has 6 nitrogen and oxygen atoms in total. The van der Waals surface area contributed by atoms with Crippen LogP contribution in [-0.2, 0) is 4.79 Å². The van der Waals surface area contributed by atoms with Crippen LogP contribution in [0.15, 0.2) is 18.2 Å². The molecule has 1 saturated carbocycles. The topological polar surface area (TPSA) is 59.1 Å². The van der Waals surface area contributed by atoms with Crippen LogP contribution in [0.3, 0.4) is 0 Å². The largest absolute Gasteiger partial charge is 0.493 e. The summed E-state index contributed by atoms with van der Waals surface area (Å²) in [4.78, 5) is 29.9. The van der Waals surface area contributed by atoms with E-state index in [1.807, 2.05) is 4.90 Å². The van der Waals surface area contributed by atoms with E-state index in [-0.39, 0.29) is 11.3 Å². The number of carbonyl (C=O) groups is 2. The number of benzene rings is 1. The third-order valence-corrected chi connectivity index (χ3v) is 7.34. The Bertz CT molecular complexity index is 789. The molecule has 2 saturated heterocycles. The summed E-state index contributed by atoms with van der Waals surface area (Å²) in [7, 11) is 3.17. The Balaban J connectivity index is 1.36. The number of amides is 2.